The van der Waals surface area contributed by atoms with Crippen molar-refractivity contribution in [3.05, 3.63) is 34.9 Å². The summed E-state index contributed by atoms with van der Waals surface area (Å²) in [5.41, 5.74) is 1.74. The minimum Gasteiger partial charge on any atom is -0.478 e. The van der Waals surface area contributed by atoms with Crippen LogP contribution in [-0.4, -0.2) is 29.7 Å². The molecule has 0 aromatic heterocycles. The van der Waals surface area contributed by atoms with Crippen molar-refractivity contribution in [2.75, 3.05) is 6.54 Å². The molecule has 0 aliphatic heterocycles. The topological polar surface area (TPSA) is 66.4 Å². The van der Waals surface area contributed by atoms with E-state index >= 15 is 0 Å². The third-order valence-electron chi connectivity index (χ3n) is 3.60. The number of rotatable bonds is 3. The van der Waals surface area contributed by atoms with Crippen molar-refractivity contribution in [3.8, 4) is 0 Å². The first-order chi connectivity index (χ1) is 9.79. The fourth-order valence-corrected chi connectivity index (χ4v) is 2.56. The van der Waals surface area contributed by atoms with Gasteiger partial charge >= 0.3 is 18.1 Å². The van der Waals surface area contributed by atoms with Gasteiger partial charge in [-0.2, -0.15) is 13.2 Å². The molecule has 0 fully saturated rings. The molecule has 7 heteroatoms. The summed E-state index contributed by atoms with van der Waals surface area (Å²) in [5.74, 6) is -3.34. The van der Waals surface area contributed by atoms with Crippen molar-refractivity contribution in [2.45, 2.75) is 31.4 Å². The lowest BCUT2D eigenvalue weighted by molar-refractivity contribution is -0.173. The van der Waals surface area contributed by atoms with E-state index in [0.29, 0.717) is 12.0 Å². The van der Waals surface area contributed by atoms with Crippen LogP contribution in [0.2, 0.25) is 0 Å². The largest absolute Gasteiger partial charge is 0.478 e. The molecule has 2 N–H and O–H groups in total. The van der Waals surface area contributed by atoms with Gasteiger partial charge in [-0.3, -0.25) is 4.79 Å². The first-order valence-corrected chi connectivity index (χ1v) is 6.50. The van der Waals surface area contributed by atoms with Gasteiger partial charge in [0.05, 0.1) is 5.56 Å². The Morgan fingerprint density at radius 1 is 1.33 bits per heavy atom. The molecule has 1 unspecified atom stereocenters. The van der Waals surface area contributed by atoms with Crippen LogP contribution in [0.5, 0.6) is 0 Å². The summed E-state index contributed by atoms with van der Waals surface area (Å²) in [6.07, 6.45) is -2.72. The van der Waals surface area contributed by atoms with Crippen LogP contribution in [-0.2, 0) is 11.2 Å². The normalized spacial score (nSPS) is 18.0. The number of nitrogens with one attached hydrogen (secondary N) is 1. The summed E-state index contributed by atoms with van der Waals surface area (Å²) in [7, 11) is 0. The molecule has 0 heterocycles. The zero-order valence-electron chi connectivity index (χ0n) is 11.0. The number of carboxylic acid groups (broad SMARTS) is 1. The summed E-state index contributed by atoms with van der Waals surface area (Å²) >= 11 is 0. The summed E-state index contributed by atoms with van der Waals surface area (Å²) in [6, 6.07) is 4.66. The Hall–Kier alpha value is -2.05. The second kappa shape index (κ2) is 5.75. The van der Waals surface area contributed by atoms with Crippen LogP contribution in [0.25, 0.3) is 0 Å². The number of hydrogen-bond donors (Lipinski definition) is 2. The number of carbonyl (C=O) groups excluding carboxylic acids is 1. The van der Waals surface area contributed by atoms with Gasteiger partial charge in [0.25, 0.3) is 0 Å². The van der Waals surface area contributed by atoms with E-state index in [-0.39, 0.29) is 18.0 Å². The Balaban J connectivity index is 2.15. The van der Waals surface area contributed by atoms with Gasteiger partial charge in [-0.1, -0.05) is 6.07 Å². The van der Waals surface area contributed by atoms with Gasteiger partial charge in [0.15, 0.2) is 0 Å². The van der Waals surface area contributed by atoms with Crippen LogP contribution in [0, 0.1) is 0 Å². The molecule has 1 aromatic rings. The third-order valence-corrected chi connectivity index (χ3v) is 3.60. The number of carbonyl (C=O) groups is 2. The highest BCUT2D eigenvalue weighted by molar-refractivity contribution is 5.88. The lowest BCUT2D eigenvalue weighted by atomic mass is 9.82. The minimum atomic E-state index is -4.90. The summed E-state index contributed by atoms with van der Waals surface area (Å²) < 4.78 is 36.5. The van der Waals surface area contributed by atoms with Gasteiger partial charge in [0, 0.05) is 12.5 Å². The number of hydrogen-bond acceptors (Lipinski definition) is 2. The number of fused-ring (bicyclic) bond motifs is 1. The molecule has 0 spiro atoms. The van der Waals surface area contributed by atoms with Gasteiger partial charge in [-0.25, -0.2) is 4.79 Å². The van der Waals surface area contributed by atoms with E-state index < -0.39 is 18.1 Å². The number of alkyl halides is 3. The summed E-state index contributed by atoms with van der Waals surface area (Å²) in [5, 5.41) is 10.8. The van der Waals surface area contributed by atoms with Crippen LogP contribution in [0.3, 0.4) is 0 Å². The molecule has 1 aliphatic rings. The first kappa shape index (κ1) is 15.3. The maximum absolute atomic E-state index is 12.2. The fourth-order valence-electron chi connectivity index (χ4n) is 2.56. The lowest BCUT2D eigenvalue weighted by Gasteiger charge is -2.26. The van der Waals surface area contributed by atoms with Gasteiger partial charge in [0.2, 0.25) is 0 Å². The third kappa shape index (κ3) is 3.53. The monoisotopic (exact) mass is 301 g/mol. The Kier molecular flexibility index (Phi) is 4.20. The number of amides is 1. The Morgan fingerprint density at radius 2 is 2.05 bits per heavy atom. The zero-order chi connectivity index (χ0) is 15.6. The predicted octanol–water partition coefficient (Wildman–Crippen LogP) is 2.48. The number of carboxylic acids is 1. The molecular formula is C14H14F3NO3. The molecule has 0 saturated carbocycles. The molecule has 0 radical (unpaired) electrons. The number of benzene rings is 1. The van der Waals surface area contributed by atoms with Crippen molar-refractivity contribution < 1.29 is 27.9 Å². The molecule has 2 rings (SSSR count). The highest BCUT2D eigenvalue weighted by atomic mass is 19.4. The van der Waals surface area contributed by atoms with Crippen molar-refractivity contribution in [2.24, 2.45) is 0 Å². The second-order valence-electron chi connectivity index (χ2n) is 5.02. The fraction of sp³-hybridized carbons (Fsp3) is 0.429. The highest BCUT2D eigenvalue weighted by Crippen LogP contribution is 2.32. The molecule has 0 saturated heterocycles. The second-order valence-corrected chi connectivity index (χ2v) is 5.02. The molecule has 1 aromatic carbocycles. The number of aromatic carboxylic acids is 1. The smallest absolute Gasteiger partial charge is 0.471 e. The zero-order valence-corrected chi connectivity index (χ0v) is 11.0. The van der Waals surface area contributed by atoms with Gasteiger partial charge in [0.1, 0.15) is 0 Å². The van der Waals surface area contributed by atoms with Crippen molar-refractivity contribution in [3.63, 3.8) is 0 Å². The molecule has 0 bridgehead atoms. The van der Waals surface area contributed by atoms with Crippen LogP contribution < -0.4 is 5.32 Å². The number of aryl methyl sites for hydroxylation is 1. The van der Waals surface area contributed by atoms with Crippen molar-refractivity contribution >= 4 is 11.9 Å². The van der Waals surface area contributed by atoms with E-state index in [1.165, 1.54) is 12.1 Å². The van der Waals surface area contributed by atoms with Gasteiger partial charge in [-0.05, 0) is 42.5 Å². The highest BCUT2D eigenvalue weighted by Gasteiger charge is 2.38. The molecule has 1 amide bonds. The summed E-state index contributed by atoms with van der Waals surface area (Å²) in [6.45, 7) is -0.144. The van der Waals surface area contributed by atoms with Crippen molar-refractivity contribution in [1.82, 2.24) is 5.32 Å². The van der Waals surface area contributed by atoms with Crippen LogP contribution >= 0.6 is 0 Å². The predicted molar refractivity (Wildman–Crippen MR) is 68.1 cm³/mol. The van der Waals surface area contributed by atoms with Crippen LogP contribution in [0.1, 0.15) is 40.2 Å². The minimum absolute atomic E-state index is 0.0998. The number of halogens is 3. The SMILES string of the molecule is O=C(O)c1ccc2c(c1)C(CNC(=O)C(F)(F)F)CCC2. The van der Waals surface area contributed by atoms with E-state index in [0.717, 1.165) is 18.4 Å². The van der Waals surface area contributed by atoms with E-state index in [4.69, 9.17) is 5.11 Å². The molecule has 4 nitrogen and oxygen atoms in total. The average molecular weight is 301 g/mol. The van der Waals surface area contributed by atoms with Gasteiger partial charge < -0.3 is 10.4 Å². The van der Waals surface area contributed by atoms with Gasteiger partial charge in [-0.15, -0.1) is 0 Å². The van der Waals surface area contributed by atoms with Crippen LogP contribution in [0.4, 0.5) is 13.2 Å². The first-order valence-electron chi connectivity index (χ1n) is 6.50. The molecule has 1 aliphatic carbocycles. The maximum Gasteiger partial charge on any atom is 0.471 e. The van der Waals surface area contributed by atoms with E-state index in [9.17, 15) is 22.8 Å². The van der Waals surface area contributed by atoms with Crippen molar-refractivity contribution in [1.29, 1.82) is 0 Å². The molecular weight excluding hydrogens is 287 g/mol. The van der Waals surface area contributed by atoms with Crippen LogP contribution in [0.15, 0.2) is 18.2 Å². The lowest BCUT2D eigenvalue weighted by Crippen LogP contribution is -2.39. The standard InChI is InChI=1S/C14H14F3NO3/c15-14(16,17)13(21)18-7-10-3-1-2-8-4-5-9(12(19)20)6-11(8)10/h4-6,10H,1-3,7H2,(H,18,21)(H,19,20). The Morgan fingerprint density at radius 3 is 2.67 bits per heavy atom. The van der Waals surface area contributed by atoms with E-state index in [1.54, 1.807) is 6.07 Å². The Bertz CT molecular complexity index is 569. The quantitative estimate of drug-likeness (QED) is 0.901. The molecule has 114 valence electrons. The Labute approximate surface area is 119 Å². The molecule has 1 atom stereocenters. The average Bonchev–Trinajstić information content (AvgIpc) is 2.42. The molecule has 21 heavy (non-hydrogen) atoms. The summed E-state index contributed by atoms with van der Waals surface area (Å²) in [4.78, 5) is 21.8. The van der Waals surface area contributed by atoms with E-state index in [2.05, 4.69) is 0 Å². The van der Waals surface area contributed by atoms with E-state index in [1.807, 2.05) is 5.32 Å². The maximum atomic E-state index is 12.2.